The van der Waals surface area contributed by atoms with Crippen LogP contribution in [0.2, 0.25) is 0 Å². The fourth-order valence-corrected chi connectivity index (χ4v) is 3.83. The number of benzene rings is 3. The van der Waals surface area contributed by atoms with E-state index in [0.717, 1.165) is 34.1 Å². The second-order valence-corrected chi connectivity index (χ2v) is 9.58. The summed E-state index contributed by atoms with van der Waals surface area (Å²) in [7, 11) is 0. The summed E-state index contributed by atoms with van der Waals surface area (Å²) in [4.78, 5) is 36.9. The quantitative estimate of drug-likeness (QED) is 0.120. The number of ether oxygens (including phenoxy) is 2. The van der Waals surface area contributed by atoms with Crippen LogP contribution in [0.5, 0.6) is 11.5 Å². The number of hydrogen-bond acceptors (Lipinski definition) is 6. The number of hydrazone groups is 1. The van der Waals surface area contributed by atoms with E-state index < -0.39 is 11.8 Å². The molecule has 0 bridgehead atoms. The number of amides is 3. The highest BCUT2D eigenvalue weighted by molar-refractivity contribution is 9.10. The molecule has 0 saturated heterocycles. The third-order valence-corrected chi connectivity index (χ3v) is 6.02. The van der Waals surface area contributed by atoms with Crippen molar-refractivity contribution in [3.05, 3.63) is 81.8 Å². The Morgan fingerprint density at radius 2 is 1.64 bits per heavy atom. The molecule has 10 heteroatoms. The van der Waals surface area contributed by atoms with Gasteiger partial charge in [-0.1, -0.05) is 47.5 Å². The zero-order valence-corrected chi connectivity index (χ0v) is 23.6. The summed E-state index contributed by atoms with van der Waals surface area (Å²) in [5, 5.41) is 9.25. The maximum atomic E-state index is 12.5. The van der Waals surface area contributed by atoms with Crippen LogP contribution in [0.4, 0.5) is 11.4 Å². The van der Waals surface area contributed by atoms with E-state index in [1.54, 1.807) is 42.5 Å². The van der Waals surface area contributed by atoms with Crippen molar-refractivity contribution in [2.45, 2.75) is 33.6 Å². The lowest BCUT2D eigenvalue weighted by molar-refractivity contribution is -0.136. The van der Waals surface area contributed by atoms with Crippen molar-refractivity contribution in [2.24, 2.45) is 5.10 Å². The van der Waals surface area contributed by atoms with E-state index in [2.05, 4.69) is 44.0 Å². The lowest BCUT2D eigenvalue weighted by Gasteiger charge is -2.13. The van der Waals surface area contributed by atoms with Gasteiger partial charge in [0, 0.05) is 21.4 Å². The van der Waals surface area contributed by atoms with E-state index in [0.29, 0.717) is 29.4 Å². The standard InChI is InChI=1S/C29H31BrN4O5/c1-4-5-15-38-24-12-10-23(11-13-24)32-28(36)29(37)34-31-17-21-16-22(30)9-14-25(21)39-18-26(35)33-27-19(2)7-6-8-20(27)3/h6-14,16-17H,4-5,15,18H2,1-3H3,(H,32,36)(H,33,35)(H,34,37)/b31-17-. The molecular formula is C29H31BrN4O5. The van der Waals surface area contributed by atoms with Crippen molar-refractivity contribution in [3.8, 4) is 11.5 Å². The number of aryl methyl sites for hydroxylation is 2. The van der Waals surface area contributed by atoms with Crippen molar-refractivity contribution >= 4 is 51.2 Å². The van der Waals surface area contributed by atoms with Crippen LogP contribution < -0.4 is 25.5 Å². The summed E-state index contributed by atoms with van der Waals surface area (Å²) >= 11 is 3.38. The molecule has 0 aromatic heterocycles. The van der Waals surface area contributed by atoms with Gasteiger partial charge < -0.3 is 20.1 Å². The fraction of sp³-hybridized carbons (Fsp3) is 0.241. The number of para-hydroxylation sites is 1. The Morgan fingerprint density at radius 3 is 2.33 bits per heavy atom. The predicted octanol–water partition coefficient (Wildman–Crippen LogP) is 5.35. The van der Waals surface area contributed by atoms with Crippen molar-refractivity contribution in [1.29, 1.82) is 0 Å². The van der Waals surface area contributed by atoms with Gasteiger partial charge in [-0.25, -0.2) is 5.43 Å². The molecule has 3 N–H and O–H groups in total. The molecule has 0 atom stereocenters. The number of carbonyl (C=O) groups excluding carboxylic acids is 3. The Kier molecular flexibility index (Phi) is 11.1. The number of halogens is 1. The molecule has 3 aromatic rings. The molecule has 0 unspecified atom stereocenters. The summed E-state index contributed by atoms with van der Waals surface area (Å²) in [6.07, 6.45) is 3.32. The topological polar surface area (TPSA) is 118 Å². The summed E-state index contributed by atoms with van der Waals surface area (Å²) in [6, 6.07) is 17.6. The molecular weight excluding hydrogens is 564 g/mol. The number of anilines is 2. The molecule has 9 nitrogen and oxygen atoms in total. The normalized spacial score (nSPS) is 10.7. The Hall–Kier alpha value is -4.18. The molecule has 3 amide bonds. The Labute approximate surface area is 236 Å². The molecule has 3 rings (SSSR count). The molecule has 0 aliphatic heterocycles. The van der Waals surface area contributed by atoms with Crippen LogP contribution in [0.3, 0.4) is 0 Å². The first-order valence-electron chi connectivity index (χ1n) is 12.4. The zero-order chi connectivity index (χ0) is 28.2. The van der Waals surface area contributed by atoms with Gasteiger partial charge in [0.15, 0.2) is 6.61 Å². The summed E-state index contributed by atoms with van der Waals surface area (Å²) < 4.78 is 12.0. The van der Waals surface area contributed by atoms with Gasteiger partial charge in [-0.15, -0.1) is 0 Å². The predicted molar refractivity (Wildman–Crippen MR) is 155 cm³/mol. The molecule has 0 aliphatic rings. The first kappa shape index (κ1) is 29.4. The minimum atomic E-state index is -0.944. The molecule has 0 aliphatic carbocycles. The third kappa shape index (κ3) is 9.26. The molecule has 0 radical (unpaired) electrons. The average molecular weight is 595 g/mol. The Morgan fingerprint density at radius 1 is 0.923 bits per heavy atom. The largest absolute Gasteiger partial charge is 0.494 e. The fourth-order valence-electron chi connectivity index (χ4n) is 3.45. The summed E-state index contributed by atoms with van der Waals surface area (Å²) in [5.41, 5.74) is 5.79. The summed E-state index contributed by atoms with van der Waals surface area (Å²) in [5.74, 6) is -1.08. The van der Waals surface area contributed by atoms with Gasteiger partial charge in [-0.3, -0.25) is 14.4 Å². The number of nitrogens with one attached hydrogen (secondary N) is 3. The van der Waals surface area contributed by atoms with Crippen LogP contribution in [-0.4, -0.2) is 37.1 Å². The van der Waals surface area contributed by atoms with Gasteiger partial charge in [0.2, 0.25) is 0 Å². The number of hydrogen-bond donors (Lipinski definition) is 3. The van der Waals surface area contributed by atoms with E-state index in [-0.39, 0.29) is 12.5 Å². The second-order valence-electron chi connectivity index (χ2n) is 8.67. The summed E-state index contributed by atoms with van der Waals surface area (Å²) in [6.45, 7) is 6.31. The van der Waals surface area contributed by atoms with E-state index in [1.807, 2.05) is 32.0 Å². The van der Waals surface area contributed by atoms with Gasteiger partial charge in [0.05, 0.1) is 12.8 Å². The van der Waals surface area contributed by atoms with Crippen LogP contribution in [0.1, 0.15) is 36.5 Å². The number of nitrogens with zero attached hydrogens (tertiary/aromatic N) is 1. The average Bonchev–Trinajstić information content (AvgIpc) is 2.91. The maximum absolute atomic E-state index is 12.5. The van der Waals surface area contributed by atoms with Gasteiger partial charge in [0.1, 0.15) is 11.5 Å². The van der Waals surface area contributed by atoms with Crippen molar-refractivity contribution in [1.82, 2.24) is 5.43 Å². The number of carbonyl (C=O) groups is 3. The first-order chi connectivity index (χ1) is 18.8. The van der Waals surface area contributed by atoms with Crippen LogP contribution in [0.25, 0.3) is 0 Å². The van der Waals surface area contributed by atoms with Crippen LogP contribution >= 0.6 is 15.9 Å². The molecule has 39 heavy (non-hydrogen) atoms. The highest BCUT2D eigenvalue weighted by Gasteiger charge is 2.14. The van der Waals surface area contributed by atoms with Crippen LogP contribution in [0.15, 0.2) is 70.2 Å². The number of unbranched alkanes of at least 4 members (excludes halogenated alkanes) is 1. The Balaban J connectivity index is 1.54. The van der Waals surface area contributed by atoms with Gasteiger partial charge in [-0.05, 0) is 73.9 Å². The van der Waals surface area contributed by atoms with Crippen molar-refractivity contribution in [2.75, 3.05) is 23.8 Å². The molecule has 0 saturated carbocycles. The molecule has 0 fully saturated rings. The van der Waals surface area contributed by atoms with E-state index in [1.165, 1.54) is 6.21 Å². The van der Waals surface area contributed by atoms with Crippen LogP contribution in [0, 0.1) is 13.8 Å². The smallest absolute Gasteiger partial charge is 0.329 e. The van der Waals surface area contributed by atoms with E-state index in [9.17, 15) is 14.4 Å². The van der Waals surface area contributed by atoms with Crippen LogP contribution in [-0.2, 0) is 14.4 Å². The van der Waals surface area contributed by atoms with Gasteiger partial charge in [-0.2, -0.15) is 5.10 Å². The molecule has 204 valence electrons. The SMILES string of the molecule is CCCCOc1ccc(NC(=O)C(=O)N/N=C\c2cc(Br)ccc2OCC(=O)Nc2c(C)cccc2C)cc1. The minimum absolute atomic E-state index is 0.229. The second kappa shape index (κ2) is 14.7. The lowest BCUT2D eigenvalue weighted by atomic mass is 10.1. The molecule has 0 spiro atoms. The van der Waals surface area contributed by atoms with Gasteiger partial charge >= 0.3 is 11.8 Å². The van der Waals surface area contributed by atoms with Crippen molar-refractivity contribution < 1.29 is 23.9 Å². The zero-order valence-electron chi connectivity index (χ0n) is 22.0. The molecule has 0 heterocycles. The van der Waals surface area contributed by atoms with E-state index in [4.69, 9.17) is 9.47 Å². The highest BCUT2D eigenvalue weighted by Crippen LogP contribution is 2.23. The van der Waals surface area contributed by atoms with Crippen molar-refractivity contribution in [3.63, 3.8) is 0 Å². The third-order valence-electron chi connectivity index (χ3n) is 5.53. The highest BCUT2D eigenvalue weighted by atomic mass is 79.9. The van der Waals surface area contributed by atoms with Gasteiger partial charge in [0.25, 0.3) is 5.91 Å². The molecule has 3 aromatic carbocycles. The maximum Gasteiger partial charge on any atom is 0.329 e. The first-order valence-corrected chi connectivity index (χ1v) is 13.2. The number of rotatable bonds is 11. The van der Waals surface area contributed by atoms with E-state index >= 15 is 0 Å². The monoisotopic (exact) mass is 594 g/mol. The Bertz CT molecular complexity index is 1320. The minimum Gasteiger partial charge on any atom is -0.494 e. The lowest BCUT2D eigenvalue weighted by Crippen LogP contribution is -2.32.